The molecule has 38 heavy (non-hydrogen) atoms. The van der Waals surface area contributed by atoms with Crippen LogP contribution in [0.25, 0.3) is 11.5 Å². The van der Waals surface area contributed by atoms with Gasteiger partial charge in [0.1, 0.15) is 5.76 Å². The van der Waals surface area contributed by atoms with E-state index in [0.29, 0.717) is 29.5 Å². The maximum atomic E-state index is 13.1. The van der Waals surface area contributed by atoms with Gasteiger partial charge in [-0.2, -0.15) is 0 Å². The van der Waals surface area contributed by atoms with E-state index in [0.717, 1.165) is 35.7 Å². The summed E-state index contributed by atoms with van der Waals surface area (Å²) in [5.41, 5.74) is 4.17. The lowest BCUT2D eigenvalue weighted by atomic mass is 10.1. The number of piperidine rings is 1. The van der Waals surface area contributed by atoms with Crippen molar-refractivity contribution in [3.63, 3.8) is 0 Å². The second-order valence-corrected chi connectivity index (χ2v) is 11.1. The molecule has 1 fully saturated rings. The van der Waals surface area contributed by atoms with Crippen molar-refractivity contribution in [3.05, 3.63) is 101 Å². The second kappa shape index (κ2) is 12.3. The minimum absolute atomic E-state index is 0.165. The molecule has 1 aliphatic rings. The van der Waals surface area contributed by atoms with Gasteiger partial charge in [0.05, 0.1) is 22.2 Å². The van der Waals surface area contributed by atoms with Crippen LogP contribution in [0.15, 0.2) is 82.4 Å². The van der Waals surface area contributed by atoms with Crippen molar-refractivity contribution in [2.45, 2.75) is 49.9 Å². The number of rotatable bonds is 9. The van der Waals surface area contributed by atoms with Crippen LogP contribution < -0.4 is 5.32 Å². The van der Waals surface area contributed by atoms with Crippen molar-refractivity contribution >= 4 is 16.7 Å². The first-order valence-electron chi connectivity index (χ1n) is 13.0. The second-order valence-electron chi connectivity index (χ2n) is 9.61. The summed E-state index contributed by atoms with van der Waals surface area (Å²) in [6, 6.07) is 19.0. The van der Waals surface area contributed by atoms with E-state index in [1.807, 2.05) is 43.3 Å². The third kappa shape index (κ3) is 6.62. The standard InChI is InChI=1S/C30H32N4O3S/c1-22-28(21-38(36)27-13-7-23(8-14-27)20-34-16-3-2-4-17-34)33-30(37-22)26-11-9-25(10-12-26)29(35)32-19-24-6-5-15-31-18-24/h5-15,18H,2-4,16-17,19-21H2,1H3,(H,32,35). The Morgan fingerprint density at radius 2 is 1.76 bits per heavy atom. The van der Waals surface area contributed by atoms with Crippen LogP contribution in [-0.2, 0) is 29.6 Å². The lowest BCUT2D eigenvalue weighted by Crippen LogP contribution is -2.29. The Morgan fingerprint density at radius 3 is 2.47 bits per heavy atom. The fourth-order valence-electron chi connectivity index (χ4n) is 4.57. The number of hydrogen-bond acceptors (Lipinski definition) is 6. The molecule has 0 aliphatic carbocycles. The normalized spacial score (nSPS) is 14.8. The SMILES string of the molecule is Cc1oc(-c2ccc(C(=O)NCc3cccnc3)cc2)nc1CS(=O)c1ccc(CN2CCCCC2)cc1. The van der Waals surface area contributed by atoms with Crippen LogP contribution in [0.1, 0.15) is 52.2 Å². The monoisotopic (exact) mass is 528 g/mol. The molecule has 2 aromatic carbocycles. The number of hydrogen-bond donors (Lipinski definition) is 1. The zero-order valence-electron chi connectivity index (χ0n) is 21.6. The van der Waals surface area contributed by atoms with Gasteiger partial charge >= 0.3 is 0 Å². The van der Waals surface area contributed by atoms with Gasteiger partial charge in [0.2, 0.25) is 5.89 Å². The summed E-state index contributed by atoms with van der Waals surface area (Å²) in [6.45, 7) is 5.51. The van der Waals surface area contributed by atoms with Crippen molar-refractivity contribution in [2.75, 3.05) is 13.1 Å². The molecule has 8 heteroatoms. The molecule has 4 aromatic rings. The van der Waals surface area contributed by atoms with E-state index in [4.69, 9.17) is 4.42 Å². The molecule has 2 aromatic heterocycles. The first-order chi connectivity index (χ1) is 18.5. The fraction of sp³-hybridized carbons (Fsp3) is 0.300. The molecule has 3 heterocycles. The Bertz CT molecular complexity index is 1380. The molecule has 0 saturated carbocycles. The molecular formula is C30H32N4O3S. The van der Waals surface area contributed by atoms with Crippen LogP contribution in [0.3, 0.4) is 0 Å². The summed E-state index contributed by atoms with van der Waals surface area (Å²) in [7, 11) is -1.22. The fourth-order valence-corrected chi connectivity index (χ4v) is 5.69. The number of amides is 1. The number of likely N-dealkylation sites (tertiary alicyclic amines) is 1. The highest BCUT2D eigenvalue weighted by molar-refractivity contribution is 7.84. The lowest BCUT2D eigenvalue weighted by molar-refractivity contribution is 0.0951. The van der Waals surface area contributed by atoms with Gasteiger partial charge < -0.3 is 9.73 Å². The van der Waals surface area contributed by atoms with Crippen LogP contribution in [0, 0.1) is 6.92 Å². The van der Waals surface area contributed by atoms with E-state index in [2.05, 4.69) is 32.3 Å². The number of nitrogens with one attached hydrogen (secondary N) is 1. The van der Waals surface area contributed by atoms with Gasteiger partial charge in [0.15, 0.2) is 0 Å². The largest absolute Gasteiger partial charge is 0.441 e. The molecule has 1 aliphatic heterocycles. The molecule has 7 nitrogen and oxygen atoms in total. The highest BCUT2D eigenvalue weighted by Gasteiger charge is 2.16. The number of benzene rings is 2. The first-order valence-corrected chi connectivity index (χ1v) is 14.3. The third-order valence-corrected chi connectivity index (χ3v) is 8.11. The number of carbonyl (C=O) groups excluding carboxylic acids is 1. The Morgan fingerprint density at radius 1 is 1.00 bits per heavy atom. The zero-order valence-corrected chi connectivity index (χ0v) is 22.4. The first kappa shape index (κ1) is 26.0. The number of aromatic nitrogens is 2. The van der Waals surface area contributed by atoms with E-state index < -0.39 is 10.8 Å². The highest BCUT2D eigenvalue weighted by atomic mass is 32.2. The van der Waals surface area contributed by atoms with Crippen molar-refractivity contribution in [1.29, 1.82) is 0 Å². The number of aryl methyl sites for hydroxylation is 1. The van der Waals surface area contributed by atoms with Gasteiger partial charge in [-0.25, -0.2) is 4.98 Å². The summed E-state index contributed by atoms with van der Waals surface area (Å²) in [4.78, 5) is 24.4. The molecule has 5 rings (SSSR count). The summed E-state index contributed by atoms with van der Waals surface area (Å²) in [5, 5.41) is 2.89. The summed E-state index contributed by atoms with van der Waals surface area (Å²) in [5.74, 6) is 1.22. The Labute approximate surface area is 225 Å². The number of carbonyl (C=O) groups is 1. The lowest BCUT2D eigenvalue weighted by Gasteiger charge is -2.26. The molecule has 1 unspecified atom stereocenters. The Hall–Kier alpha value is -3.62. The van der Waals surface area contributed by atoms with Crippen molar-refractivity contribution in [3.8, 4) is 11.5 Å². The molecule has 0 bridgehead atoms. The van der Waals surface area contributed by atoms with E-state index in [1.165, 1.54) is 24.8 Å². The van der Waals surface area contributed by atoms with Crippen LogP contribution in [-0.4, -0.2) is 38.1 Å². The third-order valence-electron chi connectivity index (χ3n) is 6.77. The molecule has 196 valence electrons. The van der Waals surface area contributed by atoms with Gasteiger partial charge in [-0.1, -0.05) is 24.6 Å². The van der Waals surface area contributed by atoms with Gasteiger partial charge in [-0.15, -0.1) is 0 Å². The molecule has 1 amide bonds. The maximum Gasteiger partial charge on any atom is 0.251 e. The predicted octanol–water partition coefficient (Wildman–Crippen LogP) is 5.27. The number of pyridine rings is 1. The van der Waals surface area contributed by atoms with Gasteiger partial charge in [-0.05, 0) is 86.4 Å². The van der Waals surface area contributed by atoms with Crippen LogP contribution in [0.2, 0.25) is 0 Å². The quantitative estimate of drug-likeness (QED) is 0.319. The van der Waals surface area contributed by atoms with Crippen LogP contribution in [0.4, 0.5) is 0 Å². The molecule has 0 spiro atoms. The van der Waals surface area contributed by atoms with Crippen LogP contribution >= 0.6 is 0 Å². The van der Waals surface area contributed by atoms with Crippen molar-refractivity contribution < 1.29 is 13.4 Å². The van der Waals surface area contributed by atoms with E-state index in [9.17, 15) is 9.00 Å². The summed E-state index contributed by atoms with van der Waals surface area (Å²) >= 11 is 0. The maximum absolute atomic E-state index is 13.1. The van der Waals surface area contributed by atoms with E-state index >= 15 is 0 Å². The minimum Gasteiger partial charge on any atom is -0.441 e. The topological polar surface area (TPSA) is 88.3 Å². The molecular weight excluding hydrogens is 496 g/mol. The summed E-state index contributed by atoms with van der Waals surface area (Å²) in [6.07, 6.45) is 7.30. The highest BCUT2D eigenvalue weighted by Crippen LogP contribution is 2.24. The average molecular weight is 529 g/mol. The van der Waals surface area contributed by atoms with Crippen molar-refractivity contribution in [1.82, 2.24) is 20.2 Å². The molecule has 1 N–H and O–H groups in total. The minimum atomic E-state index is -1.22. The predicted molar refractivity (Wildman–Crippen MR) is 148 cm³/mol. The Balaban J connectivity index is 1.18. The van der Waals surface area contributed by atoms with Gasteiger partial charge in [-0.3, -0.25) is 18.9 Å². The number of oxazole rings is 1. The zero-order chi connectivity index (χ0) is 26.3. The molecule has 0 radical (unpaired) electrons. The summed E-state index contributed by atoms with van der Waals surface area (Å²) < 4.78 is 19.0. The number of nitrogens with zero attached hydrogens (tertiary/aromatic N) is 3. The van der Waals surface area contributed by atoms with Gasteiger partial charge in [0.25, 0.3) is 5.91 Å². The Kier molecular flexibility index (Phi) is 8.41. The van der Waals surface area contributed by atoms with E-state index in [-0.39, 0.29) is 11.7 Å². The molecule has 1 saturated heterocycles. The molecule has 1 atom stereocenters. The average Bonchev–Trinajstić information content (AvgIpc) is 3.33. The van der Waals surface area contributed by atoms with E-state index in [1.54, 1.807) is 24.5 Å². The van der Waals surface area contributed by atoms with Crippen LogP contribution in [0.5, 0.6) is 0 Å². The van der Waals surface area contributed by atoms with Crippen molar-refractivity contribution in [2.24, 2.45) is 0 Å². The smallest absolute Gasteiger partial charge is 0.251 e. The van der Waals surface area contributed by atoms with Gasteiger partial charge in [0, 0.05) is 41.5 Å².